The van der Waals surface area contributed by atoms with Crippen molar-refractivity contribution in [3.8, 4) is 0 Å². The van der Waals surface area contributed by atoms with Gasteiger partial charge in [0.05, 0.1) is 0 Å². The number of methoxy groups -OCH3 is 2. The van der Waals surface area contributed by atoms with Gasteiger partial charge in [-0.25, -0.2) is 4.39 Å². The summed E-state index contributed by atoms with van der Waals surface area (Å²) in [7, 11) is 2.72. The number of Topliss-reactive ketones (excluding diaryl/α,β-unsaturated/α-hetero) is 1. The largest absolute Gasteiger partial charge is 0.349 e. The summed E-state index contributed by atoms with van der Waals surface area (Å²) in [5.41, 5.74) is 0.936. The lowest BCUT2D eigenvalue weighted by molar-refractivity contribution is -0.0742. The third kappa shape index (κ3) is 2.84. The maximum Gasteiger partial charge on any atom is 0.222 e. The normalized spacial score (nSPS) is 10.7. The quantitative estimate of drug-likeness (QED) is 0.565. The first-order chi connectivity index (χ1) is 7.08. The minimum absolute atomic E-state index is 0.251. The van der Waals surface area contributed by atoms with Crippen LogP contribution < -0.4 is 0 Å². The van der Waals surface area contributed by atoms with Crippen molar-refractivity contribution in [2.45, 2.75) is 13.2 Å². The van der Waals surface area contributed by atoms with Crippen LogP contribution in [-0.2, 0) is 9.47 Å². The Morgan fingerprint density at radius 1 is 1.27 bits per heavy atom. The summed E-state index contributed by atoms with van der Waals surface area (Å²) in [4.78, 5) is 11.7. The number of ether oxygens (including phenoxy) is 2. The topological polar surface area (TPSA) is 35.5 Å². The van der Waals surface area contributed by atoms with Gasteiger partial charge in [-0.1, -0.05) is 0 Å². The van der Waals surface area contributed by atoms with E-state index in [0.717, 1.165) is 0 Å². The van der Waals surface area contributed by atoms with Crippen LogP contribution in [0.15, 0.2) is 18.2 Å². The van der Waals surface area contributed by atoms with E-state index in [9.17, 15) is 9.18 Å². The Morgan fingerprint density at radius 3 is 2.33 bits per heavy atom. The molecule has 0 heterocycles. The van der Waals surface area contributed by atoms with Crippen molar-refractivity contribution in [2.24, 2.45) is 0 Å². The van der Waals surface area contributed by atoms with Crippen LogP contribution in [-0.4, -0.2) is 26.3 Å². The number of rotatable bonds is 4. The van der Waals surface area contributed by atoms with Crippen molar-refractivity contribution in [3.05, 3.63) is 35.1 Å². The Hall–Kier alpha value is -1.26. The van der Waals surface area contributed by atoms with Crippen LogP contribution in [0.25, 0.3) is 0 Å². The van der Waals surface area contributed by atoms with Crippen LogP contribution >= 0.6 is 0 Å². The predicted octanol–water partition coefficient (Wildman–Crippen LogP) is 1.94. The molecule has 0 radical (unpaired) electrons. The minimum atomic E-state index is -0.980. The van der Waals surface area contributed by atoms with Gasteiger partial charge < -0.3 is 9.47 Å². The smallest absolute Gasteiger partial charge is 0.222 e. The Labute approximate surface area is 87.8 Å². The molecule has 0 bridgehead atoms. The first kappa shape index (κ1) is 11.8. The lowest BCUT2D eigenvalue weighted by atomic mass is 10.1. The molecule has 0 atom stereocenters. The van der Waals surface area contributed by atoms with Crippen molar-refractivity contribution in [3.63, 3.8) is 0 Å². The molecule has 0 amide bonds. The average Bonchev–Trinajstić information content (AvgIpc) is 2.18. The Kier molecular flexibility index (Phi) is 3.94. The monoisotopic (exact) mass is 212 g/mol. The molecular formula is C11H13FO3. The standard InChI is InChI=1S/C11H13FO3/c1-7-4-8(6-9(12)5-7)10(13)11(14-2)15-3/h4-6,11H,1-3H3. The summed E-state index contributed by atoms with van der Waals surface area (Å²) in [6.45, 7) is 1.72. The summed E-state index contributed by atoms with van der Waals surface area (Å²) in [5, 5.41) is 0. The molecule has 0 saturated heterocycles. The van der Waals surface area contributed by atoms with E-state index in [1.807, 2.05) is 0 Å². The zero-order valence-electron chi connectivity index (χ0n) is 8.91. The highest BCUT2D eigenvalue weighted by atomic mass is 19.1. The maximum absolute atomic E-state index is 13.0. The molecule has 0 aliphatic heterocycles. The van der Waals surface area contributed by atoms with Gasteiger partial charge in [0.2, 0.25) is 12.1 Å². The van der Waals surface area contributed by atoms with E-state index in [1.54, 1.807) is 13.0 Å². The van der Waals surface area contributed by atoms with Crippen LogP contribution in [0.5, 0.6) is 0 Å². The molecule has 15 heavy (non-hydrogen) atoms. The third-order valence-corrected chi connectivity index (χ3v) is 1.97. The summed E-state index contributed by atoms with van der Waals surface area (Å²) in [6.07, 6.45) is -0.980. The fourth-order valence-electron chi connectivity index (χ4n) is 1.32. The molecule has 1 aromatic rings. The lowest BCUT2D eigenvalue weighted by Crippen LogP contribution is -2.25. The van der Waals surface area contributed by atoms with Gasteiger partial charge >= 0.3 is 0 Å². The summed E-state index contributed by atoms with van der Waals surface area (Å²) >= 11 is 0. The molecule has 3 nitrogen and oxygen atoms in total. The molecular weight excluding hydrogens is 199 g/mol. The van der Waals surface area contributed by atoms with Gasteiger partial charge in [-0.15, -0.1) is 0 Å². The number of benzene rings is 1. The Balaban J connectivity index is 3.00. The molecule has 1 rings (SSSR count). The highest BCUT2D eigenvalue weighted by molar-refractivity contribution is 5.98. The molecule has 0 aliphatic carbocycles. The number of aryl methyl sites for hydroxylation is 1. The summed E-state index contributed by atoms with van der Waals surface area (Å²) < 4.78 is 22.6. The van der Waals surface area contributed by atoms with Crippen LogP contribution in [0.1, 0.15) is 15.9 Å². The van der Waals surface area contributed by atoms with Gasteiger partial charge in [0.15, 0.2) is 0 Å². The molecule has 82 valence electrons. The second kappa shape index (κ2) is 5.00. The molecule has 4 heteroatoms. The SMILES string of the molecule is COC(OC)C(=O)c1cc(C)cc(F)c1. The van der Waals surface area contributed by atoms with Crippen molar-refractivity contribution in [1.82, 2.24) is 0 Å². The highest BCUT2D eigenvalue weighted by Crippen LogP contribution is 2.12. The maximum atomic E-state index is 13.0. The van der Waals surface area contributed by atoms with Crippen molar-refractivity contribution in [1.29, 1.82) is 0 Å². The number of carbonyl (C=O) groups excluding carboxylic acids is 1. The highest BCUT2D eigenvalue weighted by Gasteiger charge is 2.19. The molecule has 0 unspecified atom stereocenters. The van der Waals surface area contributed by atoms with E-state index in [0.29, 0.717) is 5.56 Å². The number of hydrogen-bond donors (Lipinski definition) is 0. The predicted molar refractivity (Wildman–Crippen MR) is 53.3 cm³/mol. The molecule has 0 fully saturated rings. The van der Waals surface area contributed by atoms with Gasteiger partial charge in [-0.05, 0) is 30.7 Å². The van der Waals surface area contributed by atoms with Crippen LogP contribution in [0.4, 0.5) is 4.39 Å². The summed E-state index contributed by atoms with van der Waals surface area (Å²) in [6, 6.07) is 4.11. The zero-order chi connectivity index (χ0) is 11.4. The Bertz CT molecular complexity index is 339. The van der Waals surface area contributed by atoms with E-state index in [4.69, 9.17) is 9.47 Å². The molecule has 0 aromatic heterocycles. The van der Waals surface area contributed by atoms with Gasteiger partial charge in [0.1, 0.15) is 5.82 Å². The van der Waals surface area contributed by atoms with E-state index in [2.05, 4.69) is 0 Å². The molecule has 0 N–H and O–H groups in total. The fourth-order valence-corrected chi connectivity index (χ4v) is 1.32. The second-order valence-corrected chi connectivity index (χ2v) is 3.18. The molecule has 0 saturated carbocycles. The minimum Gasteiger partial charge on any atom is -0.349 e. The van der Waals surface area contributed by atoms with E-state index in [1.165, 1.54) is 26.4 Å². The average molecular weight is 212 g/mol. The summed E-state index contributed by atoms with van der Waals surface area (Å²) in [5.74, 6) is -0.827. The van der Waals surface area contributed by atoms with Crippen LogP contribution in [0.3, 0.4) is 0 Å². The number of ketones is 1. The first-order valence-electron chi connectivity index (χ1n) is 4.45. The second-order valence-electron chi connectivity index (χ2n) is 3.18. The van der Waals surface area contributed by atoms with Gasteiger partial charge in [-0.3, -0.25) is 4.79 Å². The molecule has 1 aromatic carbocycles. The van der Waals surface area contributed by atoms with E-state index in [-0.39, 0.29) is 11.3 Å². The van der Waals surface area contributed by atoms with Gasteiger partial charge in [0.25, 0.3) is 0 Å². The van der Waals surface area contributed by atoms with Gasteiger partial charge in [0, 0.05) is 19.8 Å². The lowest BCUT2D eigenvalue weighted by Gasteiger charge is -2.12. The number of hydrogen-bond acceptors (Lipinski definition) is 3. The zero-order valence-corrected chi connectivity index (χ0v) is 8.91. The van der Waals surface area contributed by atoms with Crippen LogP contribution in [0, 0.1) is 12.7 Å². The molecule has 0 aliphatic rings. The van der Waals surface area contributed by atoms with Crippen molar-refractivity contribution in [2.75, 3.05) is 14.2 Å². The van der Waals surface area contributed by atoms with E-state index < -0.39 is 12.1 Å². The van der Waals surface area contributed by atoms with Gasteiger partial charge in [-0.2, -0.15) is 0 Å². The Morgan fingerprint density at radius 2 is 1.87 bits per heavy atom. The number of halogens is 1. The molecule has 0 spiro atoms. The number of carbonyl (C=O) groups is 1. The van der Waals surface area contributed by atoms with Crippen molar-refractivity contribution < 1.29 is 18.7 Å². The fraction of sp³-hybridized carbons (Fsp3) is 0.364. The van der Waals surface area contributed by atoms with Crippen molar-refractivity contribution >= 4 is 5.78 Å². The third-order valence-electron chi connectivity index (χ3n) is 1.97. The van der Waals surface area contributed by atoms with E-state index >= 15 is 0 Å². The first-order valence-corrected chi connectivity index (χ1v) is 4.45. The van der Waals surface area contributed by atoms with Crippen LogP contribution in [0.2, 0.25) is 0 Å².